The van der Waals surface area contributed by atoms with E-state index < -0.39 is 0 Å². The minimum atomic E-state index is -0.240. The minimum Gasteiger partial charge on any atom is -0.370 e. The second-order valence-electron chi connectivity index (χ2n) is 5.58. The first-order valence-corrected chi connectivity index (χ1v) is 7.58. The van der Waals surface area contributed by atoms with Crippen molar-refractivity contribution in [3.8, 4) is 11.4 Å². The maximum absolute atomic E-state index is 13.6. The van der Waals surface area contributed by atoms with E-state index in [4.69, 9.17) is 4.98 Å². The second kappa shape index (κ2) is 5.80. The van der Waals surface area contributed by atoms with Crippen LogP contribution in [0.2, 0.25) is 0 Å². The zero-order chi connectivity index (χ0) is 14.8. The summed E-state index contributed by atoms with van der Waals surface area (Å²) in [6.07, 6.45) is 4.36. The Hall–Kier alpha value is -1.97. The Bertz CT molecular complexity index is 647. The average molecular weight is 285 g/mol. The number of anilines is 1. The summed E-state index contributed by atoms with van der Waals surface area (Å²) < 4.78 is 13.6. The molecular formula is C17H20FN3. The van der Waals surface area contributed by atoms with Crippen molar-refractivity contribution in [1.82, 2.24) is 9.97 Å². The number of halogens is 1. The molecule has 2 aromatic rings. The number of hydrogen-bond acceptors (Lipinski definition) is 3. The highest BCUT2D eigenvalue weighted by molar-refractivity contribution is 5.61. The molecule has 1 aromatic carbocycles. The zero-order valence-electron chi connectivity index (χ0n) is 12.5. The number of benzene rings is 1. The van der Waals surface area contributed by atoms with Gasteiger partial charge in [-0.25, -0.2) is 14.4 Å². The van der Waals surface area contributed by atoms with Crippen molar-refractivity contribution in [2.24, 2.45) is 0 Å². The molecule has 0 atom stereocenters. The first-order valence-electron chi connectivity index (χ1n) is 7.58. The van der Waals surface area contributed by atoms with Crippen molar-refractivity contribution in [2.75, 3.05) is 11.9 Å². The Kier molecular flexibility index (Phi) is 3.86. The molecule has 3 rings (SSSR count). The number of hydrogen-bond donors (Lipinski definition) is 1. The van der Waals surface area contributed by atoms with Crippen molar-refractivity contribution in [3.63, 3.8) is 0 Å². The van der Waals surface area contributed by atoms with Crippen LogP contribution in [0.4, 0.5) is 10.2 Å². The third-order valence-electron chi connectivity index (χ3n) is 3.83. The first kappa shape index (κ1) is 14.0. The second-order valence-corrected chi connectivity index (χ2v) is 5.58. The predicted molar refractivity (Wildman–Crippen MR) is 83.0 cm³/mol. The molecule has 1 aliphatic rings. The lowest BCUT2D eigenvalue weighted by atomic mass is 9.96. The fourth-order valence-corrected chi connectivity index (χ4v) is 2.90. The normalized spacial score (nSPS) is 13.9. The average Bonchev–Trinajstić information content (AvgIpc) is 2.46. The van der Waals surface area contributed by atoms with E-state index in [2.05, 4.69) is 17.2 Å². The Morgan fingerprint density at radius 1 is 1.14 bits per heavy atom. The molecule has 21 heavy (non-hydrogen) atoms. The summed E-state index contributed by atoms with van der Waals surface area (Å²) in [6.45, 7) is 4.77. The summed E-state index contributed by atoms with van der Waals surface area (Å²) in [5, 5.41) is 3.33. The van der Waals surface area contributed by atoms with Crippen LogP contribution in [-0.2, 0) is 12.8 Å². The van der Waals surface area contributed by atoms with E-state index in [9.17, 15) is 4.39 Å². The molecule has 0 amide bonds. The molecule has 0 bridgehead atoms. The molecule has 110 valence electrons. The number of aromatic nitrogens is 2. The van der Waals surface area contributed by atoms with Crippen LogP contribution < -0.4 is 5.32 Å². The van der Waals surface area contributed by atoms with Crippen molar-refractivity contribution in [1.29, 1.82) is 0 Å². The molecule has 0 fully saturated rings. The van der Waals surface area contributed by atoms with E-state index in [0.717, 1.165) is 48.4 Å². The molecule has 0 aliphatic heterocycles. The SMILES string of the molecule is CCNc1nc(-c2cc(C)cc(F)c2)nc2c1CCCC2. The Morgan fingerprint density at radius 3 is 2.71 bits per heavy atom. The van der Waals surface area contributed by atoms with Gasteiger partial charge in [0, 0.05) is 23.4 Å². The molecule has 3 nitrogen and oxygen atoms in total. The lowest BCUT2D eigenvalue weighted by Crippen LogP contribution is -2.13. The fourth-order valence-electron chi connectivity index (χ4n) is 2.90. The summed E-state index contributed by atoms with van der Waals surface area (Å²) >= 11 is 0. The van der Waals surface area contributed by atoms with E-state index in [0.29, 0.717) is 5.82 Å². The lowest BCUT2D eigenvalue weighted by molar-refractivity contribution is 0.626. The standard InChI is InChI=1S/C17H20FN3/c1-3-19-17-14-6-4-5-7-15(14)20-16(21-17)12-8-11(2)9-13(18)10-12/h8-10H,3-7H2,1-2H3,(H,19,20,21). The molecule has 0 saturated heterocycles. The molecule has 1 N–H and O–H groups in total. The Morgan fingerprint density at radius 2 is 1.95 bits per heavy atom. The van der Waals surface area contributed by atoms with Gasteiger partial charge in [-0.3, -0.25) is 0 Å². The summed E-state index contributed by atoms with van der Waals surface area (Å²) in [5.41, 5.74) is 3.99. The summed E-state index contributed by atoms with van der Waals surface area (Å²) in [6, 6.07) is 4.96. The minimum absolute atomic E-state index is 0.240. The quantitative estimate of drug-likeness (QED) is 0.929. The number of rotatable bonds is 3. The van der Waals surface area contributed by atoms with Gasteiger partial charge in [0.15, 0.2) is 5.82 Å². The van der Waals surface area contributed by atoms with Gasteiger partial charge in [-0.2, -0.15) is 0 Å². The highest BCUT2D eigenvalue weighted by atomic mass is 19.1. The summed E-state index contributed by atoms with van der Waals surface area (Å²) in [7, 11) is 0. The fraction of sp³-hybridized carbons (Fsp3) is 0.412. The van der Waals surface area contributed by atoms with Crippen molar-refractivity contribution in [2.45, 2.75) is 39.5 Å². The monoisotopic (exact) mass is 285 g/mol. The van der Waals surface area contributed by atoms with E-state index in [1.54, 1.807) is 0 Å². The highest BCUT2D eigenvalue weighted by Crippen LogP contribution is 2.29. The van der Waals surface area contributed by atoms with Crippen LogP contribution in [0.25, 0.3) is 11.4 Å². The molecule has 0 spiro atoms. The van der Waals surface area contributed by atoms with E-state index in [-0.39, 0.29) is 5.82 Å². The Labute approximate surface area is 124 Å². The number of aryl methyl sites for hydroxylation is 2. The van der Waals surface area contributed by atoms with Crippen LogP contribution in [0, 0.1) is 12.7 Å². The van der Waals surface area contributed by atoms with Gasteiger partial charge in [-0.1, -0.05) is 0 Å². The molecule has 0 saturated carbocycles. The lowest BCUT2D eigenvalue weighted by Gasteiger charge is -2.19. The van der Waals surface area contributed by atoms with Crippen molar-refractivity contribution in [3.05, 3.63) is 40.8 Å². The van der Waals surface area contributed by atoms with Crippen molar-refractivity contribution >= 4 is 5.82 Å². The number of fused-ring (bicyclic) bond motifs is 1. The largest absolute Gasteiger partial charge is 0.370 e. The van der Waals surface area contributed by atoms with Crippen LogP contribution in [0.15, 0.2) is 18.2 Å². The predicted octanol–water partition coefficient (Wildman–Crippen LogP) is 3.90. The van der Waals surface area contributed by atoms with Gasteiger partial charge in [0.1, 0.15) is 11.6 Å². The van der Waals surface area contributed by atoms with Crippen LogP contribution in [-0.4, -0.2) is 16.5 Å². The van der Waals surface area contributed by atoms with Gasteiger partial charge in [0.25, 0.3) is 0 Å². The van der Waals surface area contributed by atoms with Crippen LogP contribution in [0.5, 0.6) is 0 Å². The van der Waals surface area contributed by atoms with Crippen molar-refractivity contribution < 1.29 is 4.39 Å². The van der Waals surface area contributed by atoms with Gasteiger partial charge in [0.05, 0.1) is 0 Å². The molecular weight excluding hydrogens is 265 g/mol. The summed E-state index contributed by atoms with van der Waals surface area (Å²) in [5.74, 6) is 1.30. The van der Waals surface area contributed by atoms with Crippen LogP contribution in [0.1, 0.15) is 36.6 Å². The third kappa shape index (κ3) is 2.89. The molecule has 0 unspecified atom stereocenters. The molecule has 4 heteroatoms. The van der Waals surface area contributed by atoms with Gasteiger partial charge in [-0.15, -0.1) is 0 Å². The molecule has 1 aromatic heterocycles. The van der Waals surface area contributed by atoms with Crippen LogP contribution in [0.3, 0.4) is 0 Å². The maximum atomic E-state index is 13.6. The molecule has 0 radical (unpaired) electrons. The smallest absolute Gasteiger partial charge is 0.161 e. The van der Waals surface area contributed by atoms with Gasteiger partial charge < -0.3 is 5.32 Å². The topological polar surface area (TPSA) is 37.8 Å². The number of nitrogens with one attached hydrogen (secondary N) is 1. The van der Waals surface area contributed by atoms with E-state index in [1.807, 2.05) is 13.0 Å². The van der Waals surface area contributed by atoms with Gasteiger partial charge in [0.2, 0.25) is 0 Å². The van der Waals surface area contributed by atoms with Crippen LogP contribution >= 0.6 is 0 Å². The van der Waals surface area contributed by atoms with E-state index >= 15 is 0 Å². The summed E-state index contributed by atoms with van der Waals surface area (Å²) in [4.78, 5) is 9.33. The zero-order valence-corrected chi connectivity index (χ0v) is 12.5. The van der Waals surface area contributed by atoms with Gasteiger partial charge >= 0.3 is 0 Å². The van der Waals surface area contributed by atoms with E-state index in [1.165, 1.54) is 24.1 Å². The highest BCUT2D eigenvalue weighted by Gasteiger charge is 2.18. The Balaban J connectivity index is 2.12. The first-order chi connectivity index (χ1) is 10.2. The number of nitrogens with zero attached hydrogens (tertiary/aromatic N) is 2. The maximum Gasteiger partial charge on any atom is 0.161 e. The third-order valence-corrected chi connectivity index (χ3v) is 3.83. The molecule has 1 aliphatic carbocycles. The molecule has 1 heterocycles. The van der Waals surface area contributed by atoms with Gasteiger partial charge in [-0.05, 0) is 63.3 Å².